The predicted molar refractivity (Wildman–Crippen MR) is 96.2 cm³/mol. The summed E-state index contributed by atoms with van der Waals surface area (Å²) in [6.45, 7) is 2.81. The Hall–Kier alpha value is -1.62. The Kier molecular flexibility index (Phi) is 7.03. The molecule has 0 aliphatic heterocycles. The molecule has 0 unspecified atom stereocenters. The van der Waals surface area contributed by atoms with Crippen LogP contribution in [0.5, 0.6) is 0 Å². The SMILES string of the molecule is CCCN(C[C@@H](O)c1cccnc1)C(=O)Cc1ccc(Cl)c(Cl)c1. The number of benzene rings is 1. The summed E-state index contributed by atoms with van der Waals surface area (Å²) in [6, 6.07) is 8.73. The zero-order chi connectivity index (χ0) is 17.5. The second kappa shape index (κ2) is 9.02. The zero-order valence-electron chi connectivity index (χ0n) is 13.5. The summed E-state index contributed by atoms with van der Waals surface area (Å²) in [7, 11) is 0. The van der Waals surface area contributed by atoms with E-state index in [9.17, 15) is 9.90 Å². The van der Waals surface area contributed by atoms with Crippen molar-refractivity contribution in [1.29, 1.82) is 0 Å². The van der Waals surface area contributed by atoms with Crippen molar-refractivity contribution in [2.24, 2.45) is 0 Å². The molecule has 2 aromatic rings. The van der Waals surface area contributed by atoms with Crippen molar-refractivity contribution in [1.82, 2.24) is 9.88 Å². The third kappa shape index (κ3) is 5.20. The lowest BCUT2D eigenvalue weighted by Gasteiger charge is -2.25. The Morgan fingerprint density at radius 1 is 1.29 bits per heavy atom. The molecule has 0 radical (unpaired) electrons. The number of rotatable bonds is 7. The fraction of sp³-hybridized carbons (Fsp3) is 0.333. The minimum absolute atomic E-state index is 0.0572. The van der Waals surface area contributed by atoms with Crippen LogP contribution in [0.25, 0.3) is 0 Å². The summed E-state index contributed by atoms with van der Waals surface area (Å²) in [6.07, 6.45) is 3.53. The lowest BCUT2D eigenvalue weighted by atomic mass is 10.1. The molecule has 0 bridgehead atoms. The van der Waals surface area contributed by atoms with Crippen molar-refractivity contribution >= 4 is 29.1 Å². The van der Waals surface area contributed by atoms with E-state index in [0.717, 1.165) is 12.0 Å². The van der Waals surface area contributed by atoms with Gasteiger partial charge >= 0.3 is 0 Å². The van der Waals surface area contributed by atoms with E-state index in [0.29, 0.717) is 22.2 Å². The first-order chi connectivity index (χ1) is 11.5. The number of aliphatic hydroxyl groups excluding tert-OH is 1. The number of pyridine rings is 1. The Morgan fingerprint density at radius 2 is 2.08 bits per heavy atom. The van der Waals surface area contributed by atoms with Gasteiger partial charge in [0.25, 0.3) is 0 Å². The van der Waals surface area contributed by atoms with Gasteiger partial charge in [0.1, 0.15) is 0 Å². The number of carbonyl (C=O) groups excluding carboxylic acids is 1. The second-order valence-electron chi connectivity index (χ2n) is 5.57. The first-order valence-corrected chi connectivity index (χ1v) is 8.56. The van der Waals surface area contributed by atoms with Crippen LogP contribution in [0.4, 0.5) is 0 Å². The predicted octanol–water partition coefficient (Wildman–Crippen LogP) is 3.90. The number of halogens is 2. The number of nitrogens with zero attached hydrogens (tertiary/aromatic N) is 2. The van der Waals surface area contributed by atoms with E-state index in [-0.39, 0.29) is 18.9 Å². The minimum atomic E-state index is -0.761. The van der Waals surface area contributed by atoms with E-state index < -0.39 is 6.10 Å². The fourth-order valence-corrected chi connectivity index (χ4v) is 2.73. The van der Waals surface area contributed by atoms with E-state index in [1.54, 1.807) is 47.6 Å². The van der Waals surface area contributed by atoms with Gasteiger partial charge in [0.05, 0.1) is 29.1 Å². The summed E-state index contributed by atoms with van der Waals surface area (Å²) in [5.41, 5.74) is 1.49. The van der Waals surface area contributed by atoms with Gasteiger partial charge in [0.2, 0.25) is 5.91 Å². The zero-order valence-corrected chi connectivity index (χ0v) is 15.0. The Balaban J connectivity index is 2.05. The van der Waals surface area contributed by atoms with Crippen molar-refractivity contribution in [3.63, 3.8) is 0 Å². The molecule has 0 saturated carbocycles. The average Bonchev–Trinajstić information content (AvgIpc) is 2.58. The quantitative estimate of drug-likeness (QED) is 0.808. The summed E-state index contributed by atoms with van der Waals surface area (Å²) >= 11 is 11.9. The van der Waals surface area contributed by atoms with Crippen LogP contribution < -0.4 is 0 Å². The van der Waals surface area contributed by atoms with Gasteiger partial charge in [-0.05, 0) is 30.2 Å². The standard InChI is InChI=1S/C18H20Cl2N2O2/c1-2-8-22(12-17(23)14-4-3-7-21-11-14)18(24)10-13-5-6-15(19)16(20)9-13/h3-7,9,11,17,23H,2,8,10,12H2,1H3/t17-/m1/s1. The topological polar surface area (TPSA) is 53.4 Å². The maximum Gasteiger partial charge on any atom is 0.227 e. The first-order valence-electron chi connectivity index (χ1n) is 7.81. The Morgan fingerprint density at radius 3 is 2.71 bits per heavy atom. The van der Waals surface area contributed by atoms with E-state index >= 15 is 0 Å². The molecule has 2 rings (SSSR count). The summed E-state index contributed by atoms with van der Waals surface area (Å²) < 4.78 is 0. The molecule has 1 aromatic carbocycles. The van der Waals surface area contributed by atoms with Crippen LogP contribution in [0.2, 0.25) is 10.0 Å². The van der Waals surface area contributed by atoms with Gasteiger partial charge in [-0.1, -0.05) is 42.3 Å². The summed E-state index contributed by atoms with van der Waals surface area (Å²) in [5, 5.41) is 11.2. The molecule has 0 aliphatic carbocycles. The molecule has 1 N–H and O–H groups in total. The molecule has 128 valence electrons. The molecule has 1 atom stereocenters. The van der Waals surface area contributed by atoms with E-state index in [1.165, 1.54) is 0 Å². The number of carbonyl (C=O) groups is 1. The highest BCUT2D eigenvalue weighted by atomic mass is 35.5. The van der Waals surface area contributed by atoms with Gasteiger partial charge < -0.3 is 10.0 Å². The van der Waals surface area contributed by atoms with Crippen molar-refractivity contribution in [2.45, 2.75) is 25.9 Å². The highest BCUT2D eigenvalue weighted by Crippen LogP contribution is 2.23. The average molecular weight is 367 g/mol. The molecular weight excluding hydrogens is 347 g/mol. The van der Waals surface area contributed by atoms with Crippen LogP contribution in [-0.4, -0.2) is 34.0 Å². The smallest absolute Gasteiger partial charge is 0.227 e. The lowest BCUT2D eigenvalue weighted by molar-refractivity contribution is -0.132. The van der Waals surface area contributed by atoms with Crippen molar-refractivity contribution in [2.75, 3.05) is 13.1 Å². The van der Waals surface area contributed by atoms with Crippen molar-refractivity contribution in [3.8, 4) is 0 Å². The number of amides is 1. The number of hydrogen-bond donors (Lipinski definition) is 1. The van der Waals surface area contributed by atoms with Crippen LogP contribution >= 0.6 is 23.2 Å². The maximum atomic E-state index is 12.6. The van der Waals surface area contributed by atoms with Crippen molar-refractivity contribution in [3.05, 3.63) is 63.9 Å². The molecule has 6 heteroatoms. The highest BCUT2D eigenvalue weighted by molar-refractivity contribution is 6.42. The molecule has 1 amide bonds. The first kappa shape index (κ1) is 18.7. The number of hydrogen-bond acceptors (Lipinski definition) is 3. The van der Waals surface area contributed by atoms with E-state index in [4.69, 9.17) is 23.2 Å². The number of aliphatic hydroxyl groups is 1. The van der Waals surface area contributed by atoms with Gasteiger partial charge in [-0.3, -0.25) is 9.78 Å². The van der Waals surface area contributed by atoms with Crippen LogP contribution in [-0.2, 0) is 11.2 Å². The van der Waals surface area contributed by atoms with Crippen LogP contribution in [0, 0.1) is 0 Å². The number of aromatic nitrogens is 1. The monoisotopic (exact) mass is 366 g/mol. The maximum absolute atomic E-state index is 12.6. The normalized spacial score (nSPS) is 12.0. The third-order valence-electron chi connectivity index (χ3n) is 3.65. The largest absolute Gasteiger partial charge is 0.386 e. The molecule has 1 aromatic heterocycles. The highest BCUT2D eigenvalue weighted by Gasteiger charge is 2.18. The van der Waals surface area contributed by atoms with E-state index in [2.05, 4.69) is 4.98 Å². The van der Waals surface area contributed by atoms with E-state index in [1.807, 2.05) is 6.92 Å². The molecular formula is C18H20Cl2N2O2. The van der Waals surface area contributed by atoms with Gasteiger partial charge in [-0.25, -0.2) is 0 Å². The van der Waals surface area contributed by atoms with Crippen LogP contribution in [0.15, 0.2) is 42.7 Å². The van der Waals surface area contributed by atoms with Crippen molar-refractivity contribution < 1.29 is 9.90 Å². The fourth-order valence-electron chi connectivity index (χ4n) is 2.41. The summed E-state index contributed by atoms with van der Waals surface area (Å²) in [5.74, 6) is -0.0572. The molecule has 0 saturated heterocycles. The minimum Gasteiger partial charge on any atom is -0.386 e. The molecule has 0 aliphatic rings. The molecule has 0 spiro atoms. The van der Waals surface area contributed by atoms with Gasteiger partial charge in [-0.2, -0.15) is 0 Å². The van der Waals surface area contributed by atoms with Gasteiger partial charge in [0, 0.05) is 24.5 Å². The Labute approximate surface area is 152 Å². The molecule has 4 nitrogen and oxygen atoms in total. The van der Waals surface area contributed by atoms with Gasteiger partial charge in [-0.15, -0.1) is 0 Å². The third-order valence-corrected chi connectivity index (χ3v) is 4.39. The Bertz CT molecular complexity index is 680. The van der Waals surface area contributed by atoms with Gasteiger partial charge in [0.15, 0.2) is 0 Å². The summed E-state index contributed by atoms with van der Waals surface area (Å²) in [4.78, 5) is 18.3. The molecule has 24 heavy (non-hydrogen) atoms. The lowest BCUT2D eigenvalue weighted by Crippen LogP contribution is -2.36. The van der Waals surface area contributed by atoms with Crippen LogP contribution in [0.3, 0.4) is 0 Å². The van der Waals surface area contributed by atoms with Crippen LogP contribution in [0.1, 0.15) is 30.6 Å². The molecule has 1 heterocycles. The molecule has 0 fully saturated rings. The second-order valence-corrected chi connectivity index (χ2v) is 6.38.